The summed E-state index contributed by atoms with van der Waals surface area (Å²) in [6.45, 7) is 4.47. The molecule has 1 N–H and O–H groups in total. The van der Waals surface area contributed by atoms with Gasteiger partial charge in [0.25, 0.3) is 5.56 Å². The highest BCUT2D eigenvalue weighted by Gasteiger charge is 2.28. The maximum absolute atomic E-state index is 12.7. The Bertz CT molecular complexity index is 901. The number of carbonyl (C=O) groups is 1. The lowest BCUT2D eigenvalue weighted by Crippen LogP contribution is -2.48. The summed E-state index contributed by atoms with van der Waals surface area (Å²) in [5.41, 5.74) is 0.0374. The van der Waals surface area contributed by atoms with Gasteiger partial charge in [-0.3, -0.25) is 18.7 Å². The second-order valence-corrected chi connectivity index (χ2v) is 7.58. The lowest BCUT2D eigenvalue weighted by Gasteiger charge is -2.34. The van der Waals surface area contributed by atoms with Crippen molar-refractivity contribution < 1.29 is 4.79 Å². The Morgan fingerprint density at radius 2 is 1.85 bits per heavy atom. The average molecular weight is 369 g/mol. The van der Waals surface area contributed by atoms with Crippen molar-refractivity contribution in [2.24, 2.45) is 11.8 Å². The fraction of sp³-hybridized carbons (Fsp3) is 0.476. The van der Waals surface area contributed by atoms with Crippen LogP contribution in [0.3, 0.4) is 0 Å². The third-order valence-corrected chi connectivity index (χ3v) is 5.69. The molecule has 0 spiro atoms. The van der Waals surface area contributed by atoms with E-state index in [2.05, 4.69) is 19.2 Å². The molecule has 0 saturated heterocycles. The van der Waals surface area contributed by atoms with Gasteiger partial charge in [-0.1, -0.05) is 57.0 Å². The summed E-state index contributed by atoms with van der Waals surface area (Å²) in [4.78, 5) is 37.3. The maximum Gasteiger partial charge on any atom is 0.331 e. The van der Waals surface area contributed by atoms with Gasteiger partial charge in [0.1, 0.15) is 6.54 Å². The monoisotopic (exact) mass is 369 g/mol. The van der Waals surface area contributed by atoms with Gasteiger partial charge in [-0.25, -0.2) is 4.79 Å². The van der Waals surface area contributed by atoms with Gasteiger partial charge in [-0.05, 0) is 23.8 Å². The van der Waals surface area contributed by atoms with Gasteiger partial charge in [0.05, 0.1) is 6.54 Å². The minimum Gasteiger partial charge on any atom is -0.352 e. The van der Waals surface area contributed by atoms with Gasteiger partial charge < -0.3 is 5.32 Å². The smallest absolute Gasteiger partial charge is 0.331 e. The molecule has 1 aliphatic carbocycles. The van der Waals surface area contributed by atoms with Crippen LogP contribution in [0.4, 0.5) is 0 Å². The van der Waals surface area contributed by atoms with Crippen LogP contribution in [0.1, 0.15) is 38.7 Å². The quantitative estimate of drug-likeness (QED) is 0.876. The first-order valence-corrected chi connectivity index (χ1v) is 9.59. The molecule has 1 heterocycles. The van der Waals surface area contributed by atoms with E-state index in [0.717, 1.165) is 23.0 Å². The largest absolute Gasteiger partial charge is 0.352 e. The molecule has 0 aliphatic heterocycles. The maximum atomic E-state index is 12.7. The predicted octanol–water partition coefficient (Wildman–Crippen LogP) is 2.00. The summed E-state index contributed by atoms with van der Waals surface area (Å²) in [6.07, 6.45) is 4.69. The van der Waals surface area contributed by atoms with Crippen molar-refractivity contribution in [2.75, 3.05) is 0 Å². The van der Waals surface area contributed by atoms with Gasteiger partial charge in [-0.2, -0.15) is 0 Å². The van der Waals surface area contributed by atoms with Crippen LogP contribution < -0.4 is 16.6 Å². The van der Waals surface area contributed by atoms with Crippen molar-refractivity contribution in [1.82, 2.24) is 14.5 Å². The van der Waals surface area contributed by atoms with Crippen LogP contribution >= 0.6 is 0 Å². The molecule has 1 aromatic heterocycles. The van der Waals surface area contributed by atoms with E-state index < -0.39 is 11.2 Å². The summed E-state index contributed by atoms with van der Waals surface area (Å²) in [7, 11) is 0. The molecule has 6 nitrogen and oxygen atoms in total. The number of nitrogens with one attached hydrogen (secondary N) is 1. The van der Waals surface area contributed by atoms with E-state index in [1.54, 1.807) is 0 Å². The van der Waals surface area contributed by atoms with Gasteiger partial charge in [0.2, 0.25) is 5.91 Å². The van der Waals surface area contributed by atoms with E-state index in [1.807, 2.05) is 30.3 Å². The Kier molecular flexibility index (Phi) is 5.94. The van der Waals surface area contributed by atoms with Crippen molar-refractivity contribution in [1.29, 1.82) is 0 Å². The van der Waals surface area contributed by atoms with E-state index in [9.17, 15) is 14.4 Å². The van der Waals surface area contributed by atoms with Crippen LogP contribution in [0, 0.1) is 11.8 Å². The number of hydrogen-bond acceptors (Lipinski definition) is 3. The molecule has 3 rings (SSSR count). The van der Waals surface area contributed by atoms with Gasteiger partial charge in [0, 0.05) is 18.3 Å². The highest BCUT2D eigenvalue weighted by Crippen LogP contribution is 2.29. The van der Waals surface area contributed by atoms with E-state index in [1.165, 1.54) is 23.3 Å². The Hall–Kier alpha value is -2.63. The number of carbonyl (C=O) groups excluding carboxylic acids is 1. The molecule has 1 aromatic carbocycles. The molecule has 2 aromatic rings. The van der Waals surface area contributed by atoms with E-state index in [0.29, 0.717) is 18.4 Å². The highest BCUT2D eigenvalue weighted by molar-refractivity contribution is 5.76. The Balaban J connectivity index is 1.74. The molecule has 27 heavy (non-hydrogen) atoms. The summed E-state index contributed by atoms with van der Waals surface area (Å²) in [5, 5.41) is 3.02. The van der Waals surface area contributed by atoms with Crippen LogP contribution in [0.2, 0.25) is 0 Å². The molecule has 0 bridgehead atoms. The third-order valence-electron chi connectivity index (χ3n) is 5.69. The second kappa shape index (κ2) is 8.37. The first kappa shape index (κ1) is 19.1. The van der Waals surface area contributed by atoms with Crippen molar-refractivity contribution in [2.45, 2.75) is 52.2 Å². The molecule has 0 unspecified atom stereocenters. The second-order valence-electron chi connectivity index (χ2n) is 7.58. The zero-order valence-corrected chi connectivity index (χ0v) is 15.9. The molecular weight excluding hydrogens is 342 g/mol. The van der Waals surface area contributed by atoms with Gasteiger partial charge >= 0.3 is 5.69 Å². The number of aromatic nitrogens is 2. The zero-order chi connectivity index (χ0) is 19.4. The number of rotatable bonds is 5. The fourth-order valence-corrected chi connectivity index (χ4v) is 3.78. The van der Waals surface area contributed by atoms with Crippen molar-refractivity contribution >= 4 is 5.91 Å². The number of amides is 1. The van der Waals surface area contributed by atoms with Crippen LogP contribution in [-0.2, 0) is 17.9 Å². The molecule has 1 fully saturated rings. The fourth-order valence-electron chi connectivity index (χ4n) is 3.78. The number of hydrogen-bond donors (Lipinski definition) is 1. The normalized spacial score (nSPS) is 22.4. The summed E-state index contributed by atoms with van der Waals surface area (Å²) in [5.74, 6) is 0.675. The lowest BCUT2D eigenvalue weighted by molar-refractivity contribution is -0.123. The summed E-state index contributed by atoms with van der Waals surface area (Å²) >= 11 is 0. The predicted molar refractivity (Wildman–Crippen MR) is 105 cm³/mol. The molecular formula is C21H27N3O3. The first-order valence-electron chi connectivity index (χ1n) is 9.59. The summed E-state index contributed by atoms with van der Waals surface area (Å²) in [6, 6.07) is 11.0. The van der Waals surface area contributed by atoms with Crippen LogP contribution in [0.25, 0.3) is 0 Å². The summed E-state index contributed by atoms with van der Waals surface area (Å²) < 4.78 is 2.46. The standard InChI is InChI=1S/C21H27N3O3/c1-15-7-6-10-18(16(15)2)22-19(25)14-24-20(26)11-12-23(21(24)27)13-17-8-4-3-5-9-17/h3-5,8-9,11-12,15-16,18H,6-7,10,13-14H2,1-2H3,(H,22,25)/t15-,16+,18+/m1/s1. The third kappa shape index (κ3) is 4.56. The lowest BCUT2D eigenvalue weighted by atomic mass is 9.78. The molecule has 1 amide bonds. The molecule has 1 saturated carbocycles. The van der Waals surface area contributed by atoms with Crippen molar-refractivity contribution in [3.63, 3.8) is 0 Å². The van der Waals surface area contributed by atoms with Crippen molar-refractivity contribution in [3.05, 3.63) is 69.0 Å². The molecule has 3 atom stereocenters. The van der Waals surface area contributed by atoms with Crippen molar-refractivity contribution in [3.8, 4) is 0 Å². The average Bonchev–Trinajstić information content (AvgIpc) is 2.66. The van der Waals surface area contributed by atoms with Crippen LogP contribution in [0.15, 0.2) is 52.2 Å². The zero-order valence-electron chi connectivity index (χ0n) is 15.9. The Morgan fingerprint density at radius 3 is 2.59 bits per heavy atom. The molecule has 1 aliphatic rings. The SMILES string of the molecule is C[C@H]1[C@H](C)CCC[C@@H]1NC(=O)Cn1c(=O)ccn(Cc2ccccc2)c1=O. The number of benzene rings is 1. The number of nitrogens with zero attached hydrogens (tertiary/aromatic N) is 2. The van der Waals surface area contributed by atoms with Crippen LogP contribution in [0.5, 0.6) is 0 Å². The van der Waals surface area contributed by atoms with Gasteiger partial charge in [0.15, 0.2) is 0 Å². The molecule has 0 radical (unpaired) electrons. The minimum atomic E-state index is -0.466. The Labute approximate surface area is 158 Å². The topological polar surface area (TPSA) is 73.1 Å². The highest BCUT2D eigenvalue weighted by atomic mass is 16.2. The van der Waals surface area contributed by atoms with Crippen LogP contribution in [-0.4, -0.2) is 21.1 Å². The van der Waals surface area contributed by atoms with E-state index >= 15 is 0 Å². The van der Waals surface area contributed by atoms with E-state index in [4.69, 9.17) is 0 Å². The minimum absolute atomic E-state index is 0.104. The Morgan fingerprint density at radius 1 is 1.11 bits per heavy atom. The van der Waals surface area contributed by atoms with E-state index in [-0.39, 0.29) is 18.5 Å². The van der Waals surface area contributed by atoms with Gasteiger partial charge in [-0.15, -0.1) is 0 Å². The molecule has 6 heteroatoms. The first-order chi connectivity index (χ1) is 13.0. The molecule has 144 valence electrons.